The van der Waals surface area contributed by atoms with Gasteiger partial charge < -0.3 is 9.30 Å². The molecule has 0 N–H and O–H groups in total. The Hall–Kier alpha value is -2.62. The minimum absolute atomic E-state index is 0.194. The summed E-state index contributed by atoms with van der Waals surface area (Å²) in [7, 11) is 0. The predicted octanol–water partition coefficient (Wildman–Crippen LogP) is 2.48. The molecule has 0 radical (unpaired) electrons. The molecule has 0 saturated carbocycles. The number of para-hydroxylation sites is 2. The molecule has 0 saturated heterocycles. The van der Waals surface area contributed by atoms with Crippen molar-refractivity contribution in [1.82, 2.24) is 9.55 Å². The first-order valence-corrected chi connectivity index (χ1v) is 6.46. The van der Waals surface area contributed by atoms with Gasteiger partial charge in [-0.25, -0.2) is 0 Å². The topological polar surface area (TPSA) is 44.1 Å². The summed E-state index contributed by atoms with van der Waals surface area (Å²) < 4.78 is 7.59. The van der Waals surface area contributed by atoms with Crippen molar-refractivity contribution in [3.63, 3.8) is 0 Å². The summed E-state index contributed by atoms with van der Waals surface area (Å²) in [6, 6.07) is 17.1. The van der Waals surface area contributed by atoms with Crippen LogP contribution < -0.4 is 10.3 Å². The maximum absolute atomic E-state index is 11.7. The highest BCUT2D eigenvalue weighted by Gasteiger charge is 2.02. The van der Waals surface area contributed by atoms with E-state index in [0.717, 1.165) is 11.3 Å². The molecule has 2 aromatic carbocycles. The minimum atomic E-state index is -0.194. The fraction of sp³-hybridized carbons (Fsp3) is 0.125. The Bertz CT molecular complexity index is 766. The first-order valence-electron chi connectivity index (χ1n) is 6.46. The molecule has 0 amide bonds. The average Bonchev–Trinajstić information content (AvgIpc) is 2.51. The molecule has 4 heteroatoms. The summed E-state index contributed by atoms with van der Waals surface area (Å²) in [6.07, 6.45) is 1.57. The predicted molar refractivity (Wildman–Crippen MR) is 77.9 cm³/mol. The van der Waals surface area contributed by atoms with Crippen LogP contribution in [0.4, 0.5) is 0 Å². The summed E-state index contributed by atoms with van der Waals surface area (Å²) >= 11 is 0. The van der Waals surface area contributed by atoms with Crippen LogP contribution in [-0.2, 0) is 6.54 Å². The van der Waals surface area contributed by atoms with Crippen molar-refractivity contribution in [3.05, 3.63) is 71.3 Å². The van der Waals surface area contributed by atoms with Crippen LogP contribution in [0.1, 0.15) is 0 Å². The van der Waals surface area contributed by atoms with Gasteiger partial charge in [-0.05, 0) is 24.3 Å². The van der Waals surface area contributed by atoms with E-state index in [2.05, 4.69) is 4.98 Å². The van der Waals surface area contributed by atoms with Gasteiger partial charge in [0.15, 0.2) is 0 Å². The Labute approximate surface area is 116 Å². The van der Waals surface area contributed by atoms with Crippen LogP contribution in [0.2, 0.25) is 0 Å². The lowest BCUT2D eigenvalue weighted by Crippen LogP contribution is -2.15. The van der Waals surface area contributed by atoms with E-state index >= 15 is 0 Å². The molecule has 1 heterocycles. The van der Waals surface area contributed by atoms with Gasteiger partial charge in [0, 0.05) is 0 Å². The molecular weight excluding hydrogens is 252 g/mol. The van der Waals surface area contributed by atoms with Crippen LogP contribution in [0.3, 0.4) is 0 Å². The molecule has 3 aromatic rings. The largest absolute Gasteiger partial charge is 0.492 e. The summed E-state index contributed by atoms with van der Waals surface area (Å²) in [5.74, 6) is 0.839. The van der Waals surface area contributed by atoms with Crippen molar-refractivity contribution in [2.24, 2.45) is 0 Å². The third kappa shape index (κ3) is 2.54. The highest BCUT2D eigenvalue weighted by Crippen LogP contribution is 2.10. The molecule has 100 valence electrons. The molecule has 0 fully saturated rings. The summed E-state index contributed by atoms with van der Waals surface area (Å²) in [5.41, 5.74) is 0.685. The maximum Gasteiger partial charge on any atom is 0.280 e. The normalized spacial score (nSPS) is 10.6. The lowest BCUT2D eigenvalue weighted by Gasteiger charge is -2.10. The maximum atomic E-state index is 11.7. The van der Waals surface area contributed by atoms with Crippen LogP contribution in [0.15, 0.2) is 65.7 Å². The smallest absolute Gasteiger partial charge is 0.280 e. The Morgan fingerprint density at radius 2 is 1.75 bits per heavy atom. The Kier molecular flexibility index (Phi) is 3.46. The van der Waals surface area contributed by atoms with Crippen molar-refractivity contribution in [3.8, 4) is 5.75 Å². The van der Waals surface area contributed by atoms with Gasteiger partial charge in [-0.2, -0.15) is 4.98 Å². The SMILES string of the molecule is O=c1ncn(CCOc2ccccc2)c2ccccc12. The third-order valence-corrected chi connectivity index (χ3v) is 3.10. The number of hydrogen-bond acceptors (Lipinski definition) is 3. The zero-order valence-corrected chi connectivity index (χ0v) is 10.9. The van der Waals surface area contributed by atoms with Gasteiger partial charge in [0.25, 0.3) is 5.56 Å². The molecule has 20 heavy (non-hydrogen) atoms. The lowest BCUT2D eigenvalue weighted by atomic mass is 10.2. The zero-order chi connectivity index (χ0) is 13.8. The molecular formula is C16H14N2O2. The van der Waals surface area contributed by atoms with E-state index in [4.69, 9.17) is 4.74 Å². The quantitative estimate of drug-likeness (QED) is 0.728. The van der Waals surface area contributed by atoms with E-state index in [1.54, 1.807) is 12.4 Å². The first kappa shape index (κ1) is 12.4. The molecule has 0 aliphatic carbocycles. The monoisotopic (exact) mass is 266 g/mol. The zero-order valence-electron chi connectivity index (χ0n) is 10.9. The van der Waals surface area contributed by atoms with E-state index in [9.17, 15) is 4.79 Å². The summed E-state index contributed by atoms with van der Waals surface area (Å²) in [5, 5.41) is 0.634. The van der Waals surface area contributed by atoms with Crippen molar-refractivity contribution < 1.29 is 4.74 Å². The molecule has 0 unspecified atom stereocenters. The van der Waals surface area contributed by atoms with E-state index in [0.29, 0.717) is 18.5 Å². The standard InChI is InChI=1S/C16H14N2O2/c19-16-14-8-4-5-9-15(14)18(12-17-16)10-11-20-13-6-2-1-3-7-13/h1-9,12H,10-11H2. The van der Waals surface area contributed by atoms with Gasteiger partial charge in [0.05, 0.1) is 23.8 Å². The van der Waals surface area contributed by atoms with E-state index < -0.39 is 0 Å². The molecule has 0 spiro atoms. The number of nitrogens with zero attached hydrogens (tertiary/aromatic N) is 2. The third-order valence-electron chi connectivity index (χ3n) is 3.10. The second kappa shape index (κ2) is 5.57. The number of rotatable bonds is 4. The second-order valence-corrected chi connectivity index (χ2v) is 4.42. The Balaban J connectivity index is 1.78. The lowest BCUT2D eigenvalue weighted by molar-refractivity contribution is 0.299. The molecule has 0 aliphatic heterocycles. The number of aromatic nitrogens is 2. The minimum Gasteiger partial charge on any atom is -0.492 e. The van der Waals surface area contributed by atoms with Gasteiger partial charge in [-0.3, -0.25) is 4.79 Å². The van der Waals surface area contributed by atoms with Crippen LogP contribution in [0.5, 0.6) is 5.75 Å². The van der Waals surface area contributed by atoms with E-state index in [1.165, 1.54) is 0 Å². The number of fused-ring (bicyclic) bond motifs is 1. The number of benzene rings is 2. The van der Waals surface area contributed by atoms with Gasteiger partial charge in [0.2, 0.25) is 0 Å². The number of ether oxygens (including phenoxy) is 1. The fourth-order valence-corrected chi connectivity index (χ4v) is 2.12. The average molecular weight is 266 g/mol. The molecule has 0 bridgehead atoms. The van der Waals surface area contributed by atoms with Crippen LogP contribution >= 0.6 is 0 Å². The summed E-state index contributed by atoms with van der Waals surface area (Å²) in [6.45, 7) is 1.17. The van der Waals surface area contributed by atoms with Gasteiger partial charge in [0.1, 0.15) is 12.4 Å². The molecule has 0 atom stereocenters. The highest BCUT2D eigenvalue weighted by molar-refractivity contribution is 5.77. The van der Waals surface area contributed by atoms with Gasteiger partial charge in [-0.15, -0.1) is 0 Å². The van der Waals surface area contributed by atoms with Crippen LogP contribution in [0.25, 0.3) is 10.9 Å². The molecule has 4 nitrogen and oxygen atoms in total. The van der Waals surface area contributed by atoms with Crippen molar-refractivity contribution >= 4 is 10.9 Å². The van der Waals surface area contributed by atoms with Gasteiger partial charge in [-0.1, -0.05) is 30.3 Å². The second-order valence-electron chi connectivity index (χ2n) is 4.42. The van der Waals surface area contributed by atoms with Crippen molar-refractivity contribution in [2.45, 2.75) is 6.54 Å². The van der Waals surface area contributed by atoms with Crippen molar-refractivity contribution in [1.29, 1.82) is 0 Å². The summed E-state index contributed by atoms with van der Waals surface area (Å²) in [4.78, 5) is 15.6. The van der Waals surface area contributed by atoms with Gasteiger partial charge >= 0.3 is 0 Å². The Morgan fingerprint density at radius 1 is 1.00 bits per heavy atom. The van der Waals surface area contributed by atoms with Crippen LogP contribution in [-0.4, -0.2) is 16.2 Å². The van der Waals surface area contributed by atoms with Crippen LogP contribution in [0, 0.1) is 0 Å². The van der Waals surface area contributed by atoms with E-state index in [1.807, 2.05) is 53.1 Å². The molecule has 3 rings (SSSR count). The fourth-order valence-electron chi connectivity index (χ4n) is 2.12. The Morgan fingerprint density at radius 3 is 2.60 bits per heavy atom. The highest BCUT2D eigenvalue weighted by atomic mass is 16.5. The molecule has 1 aromatic heterocycles. The molecule has 0 aliphatic rings. The first-order chi connectivity index (χ1) is 9.84. The number of hydrogen-bond donors (Lipinski definition) is 0. The van der Waals surface area contributed by atoms with Crippen molar-refractivity contribution in [2.75, 3.05) is 6.61 Å². The van der Waals surface area contributed by atoms with E-state index in [-0.39, 0.29) is 5.56 Å².